The fourth-order valence-corrected chi connectivity index (χ4v) is 5.12. The van der Waals surface area contributed by atoms with Crippen molar-refractivity contribution in [3.63, 3.8) is 0 Å². The van der Waals surface area contributed by atoms with Gasteiger partial charge in [-0.15, -0.1) is 12.4 Å². The number of hydrogen-bond acceptors (Lipinski definition) is 3. The standard InChI is InChI=1S/C13H27N3O2S.ClH/c1-12-4-2-8-15(10-12)19(17,18)16-9-3-5-13(11-16)6-7-14;/h12-13H,2-11,14H2,1H3;1H. The summed E-state index contributed by atoms with van der Waals surface area (Å²) in [6, 6.07) is 0. The SMILES string of the molecule is CC1CCCN(S(=O)(=O)N2CCCC(CCN)C2)C1.Cl. The summed E-state index contributed by atoms with van der Waals surface area (Å²) in [5.74, 6) is 0.920. The summed E-state index contributed by atoms with van der Waals surface area (Å²) in [6.07, 6.45) is 5.14. The third-order valence-corrected chi connectivity index (χ3v) is 6.30. The van der Waals surface area contributed by atoms with Crippen molar-refractivity contribution in [1.82, 2.24) is 8.61 Å². The average molecular weight is 326 g/mol. The van der Waals surface area contributed by atoms with Crippen LogP contribution < -0.4 is 5.73 Å². The molecule has 2 fully saturated rings. The van der Waals surface area contributed by atoms with Crippen LogP contribution in [-0.2, 0) is 10.2 Å². The minimum absolute atomic E-state index is 0. The maximum atomic E-state index is 12.7. The molecule has 5 nitrogen and oxygen atoms in total. The maximum Gasteiger partial charge on any atom is 0.281 e. The van der Waals surface area contributed by atoms with Gasteiger partial charge in [-0.05, 0) is 50.5 Å². The summed E-state index contributed by atoms with van der Waals surface area (Å²) >= 11 is 0. The topological polar surface area (TPSA) is 66.6 Å². The van der Waals surface area contributed by atoms with Gasteiger partial charge in [0.05, 0.1) is 0 Å². The van der Waals surface area contributed by atoms with Gasteiger partial charge in [0.15, 0.2) is 0 Å². The van der Waals surface area contributed by atoms with Gasteiger partial charge >= 0.3 is 0 Å². The van der Waals surface area contributed by atoms with Crippen LogP contribution in [0.3, 0.4) is 0 Å². The smallest absolute Gasteiger partial charge is 0.281 e. The minimum atomic E-state index is -3.24. The Labute approximate surface area is 129 Å². The highest BCUT2D eigenvalue weighted by Gasteiger charge is 2.35. The first-order valence-electron chi connectivity index (χ1n) is 7.49. The monoisotopic (exact) mass is 325 g/mol. The van der Waals surface area contributed by atoms with Crippen LogP contribution in [0.5, 0.6) is 0 Å². The van der Waals surface area contributed by atoms with Crippen LogP contribution in [0.1, 0.15) is 39.0 Å². The molecular formula is C13H28ClN3O2S. The Hall–Kier alpha value is 0.120. The molecule has 2 aliphatic heterocycles. The lowest BCUT2D eigenvalue weighted by atomic mass is 9.96. The number of hydrogen-bond donors (Lipinski definition) is 1. The Morgan fingerprint density at radius 2 is 1.70 bits per heavy atom. The highest BCUT2D eigenvalue weighted by molar-refractivity contribution is 7.86. The molecule has 2 heterocycles. The molecule has 0 spiro atoms. The molecule has 2 saturated heterocycles. The molecule has 2 rings (SSSR count). The van der Waals surface area contributed by atoms with E-state index in [9.17, 15) is 8.42 Å². The van der Waals surface area contributed by atoms with Crippen molar-refractivity contribution in [2.75, 3.05) is 32.7 Å². The van der Waals surface area contributed by atoms with E-state index in [0.29, 0.717) is 44.6 Å². The average Bonchev–Trinajstić information content (AvgIpc) is 2.39. The first kappa shape index (κ1) is 18.2. The van der Waals surface area contributed by atoms with Crippen molar-refractivity contribution in [2.24, 2.45) is 17.6 Å². The molecule has 2 unspecified atom stereocenters. The molecule has 2 atom stereocenters. The van der Waals surface area contributed by atoms with Crippen LogP contribution in [0.15, 0.2) is 0 Å². The van der Waals surface area contributed by atoms with Gasteiger partial charge in [-0.1, -0.05) is 6.92 Å². The van der Waals surface area contributed by atoms with Gasteiger partial charge < -0.3 is 5.73 Å². The summed E-state index contributed by atoms with van der Waals surface area (Å²) < 4.78 is 28.7. The second-order valence-corrected chi connectivity index (χ2v) is 7.99. The first-order chi connectivity index (χ1) is 9.04. The molecular weight excluding hydrogens is 298 g/mol. The van der Waals surface area contributed by atoms with Gasteiger partial charge in [0.2, 0.25) is 0 Å². The van der Waals surface area contributed by atoms with Gasteiger partial charge in [-0.25, -0.2) is 0 Å². The first-order valence-corrected chi connectivity index (χ1v) is 8.89. The molecule has 0 radical (unpaired) electrons. The largest absolute Gasteiger partial charge is 0.330 e. The number of nitrogens with two attached hydrogens (primary N) is 1. The molecule has 0 aromatic heterocycles. The van der Waals surface area contributed by atoms with Crippen molar-refractivity contribution in [2.45, 2.75) is 39.0 Å². The van der Waals surface area contributed by atoms with Crippen molar-refractivity contribution in [3.05, 3.63) is 0 Å². The van der Waals surface area contributed by atoms with Gasteiger partial charge in [0.25, 0.3) is 10.2 Å². The van der Waals surface area contributed by atoms with E-state index < -0.39 is 10.2 Å². The van der Waals surface area contributed by atoms with Crippen LogP contribution in [0.4, 0.5) is 0 Å². The molecule has 20 heavy (non-hydrogen) atoms. The number of rotatable bonds is 4. The lowest BCUT2D eigenvalue weighted by Gasteiger charge is -2.38. The molecule has 2 aliphatic rings. The Morgan fingerprint density at radius 1 is 1.10 bits per heavy atom. The predicted molar refractivity (Wildman–Crippen MR) is 84.1 cm³/mol. The predicted octanol–water partition coefficient (Wildman–Crippen LogP) is 1.45. The minimum Gasteiger partial charge on any atom is -0.330 e. The molecule has 0 aromatic carbocycles. The van der Waals surface area contributed by atoms with Gasteiger partial charge in [0.1, 0.15) is 0 Å². The zero-order valence-corrected chi connectivity index (χ0v) is 14.0. The Morgan fingerprint density at radius 3 is 2.30 bits per heavy atom. The van der Waals surface area contributed by atoms with Crippen LogP contribution in [0.2, 0.25) is 0 Å². The van der Waals surface area contributed by atoms with Crippen LogP contribution in [-0.4, -0.2) is 49.8 Å². The zero-order chi connectivity index (χ0) is 13.9. The van der Waals surface area contributed by atoms with E-state index in [0.717, 1.165) is 32.1 Å². The summed E-state index contributed by atoms with van der Waals surface area (Å²) in [6.45, 7) is 5.48. The number of halogens is 1. The third-order valence-electron chi connectivity index (χ3n) is 4.33. The van der Waals surface area contributed by atoms with Crippen molar-refractivity contribution in [1.29, 1.82) is 0 Å². The molecule has 0 saturated carbocycles. The van der Waals surface area contributed by atoms with Gasteiger partial charge in [-0.3, -0.25) is 0 Å². The van der Waals surface area contributed by atoms with Crippen LogP contribution in [0.25, 0.3) is 0 Å². The third kappa shape index (κ3) is 4.31. The Balaban J connectivity index is 0.00000200. The van der Waals surface area contributed by atoms with Crippen LogP contribution >= 0.6 is 12.4 Å². The Kier molecular flexibility index (Phi) is 7.21. The summed E-state index contributed by atoms with van der Waals surface area (Å²) in [4.78, 5) is 0. The summed E-state index contributed by atoms with van der Waals surface area (Å²) in [5.41, 5.74) is 5.60. The lowest BCUT2D eigenvalue weighted by Crippen LogP contribution is -2.50. The molecule has 2 N–H and O–H groups in total. The van der Waals surface area contributed by atoms with E-state index in [1.165, 1.54) is 0 Å². The Bertz CT molecular complexity index is 389. The molecule has 0 aliphatic carbocycles. The second-order valence-electron chi connectivity index (χ2n) is 6.06. The summed E-state index contributed by atoms with van der Waals surface area (Å²) in [7, 11) is -3.24. The van der Waals surface area contributed by atoms with E-state index in [1.54, 1.807) is 8.61 Å². The molecule has 0 bridgehead atoms. The number of nitrogens with zero attached hydrogens (tertiary/aromatic N) is 2. The van der Waals surface area contributed by atoms with Gasteiger partial charge in [0, 0.05) is 26.2 Å². The normalized spacial score (nSPS) is 29.9. The van der Waals surface area contributed by atoms with E-state index in [2.05, 4.69) is 6.92 Å². The molecule has 0 amide bonds. The van der Waals surface area contributed by atoms with Crippen molar-refractivity contribution in [3.8, 4) is 0 Å². The maximum absolute atomic E-state index is 12.7. The molecule has 7 heteroatoms. The van der Waals surface area contributed by atoms with Gasteiger partial charge in [-0.2, -0.15) is 17.0 Å². The number of piperidine rings is 2. The fourth-order valence-electron chi connectivity index (χ4n) is 3.23. The lowest BCUT2D eigenvalue weighted by molar-refractivity contribution is 0.219. The van der Waals surface area contributed by atoms with Crippen molar-refractivity contribution < 1.29 is 8.42 Å². The van der Waals surface area contributed by atoms with Crippen molar-refractivity contribution >= 4 is 22.6 Å². The molecule has 0 aromatic rings. The summed E-state index contributed by atoms with van der Waals surface area (Å²) in [5, 5.41) is 0. The highest BCUT2D eigenvalue weighted by atomic mass is 35.5. The zero-order valence-electron chi connectivity index (χ0n) is 12.3. The van der Waals surface area contributed by atoms with Crippen LogP contribution in [0, 0.1) is 11.8 Å². The fraction of sp³-hybridized carbons (Fsp3) is 1.00. The quantitative estimate of drug-likeness (QED) is 0.850. The van der Waals surface area contributed by atoms with E-state index in [1.807, 2.05) is 0 Å². The second kappa shape index (κ2) is 7.94. The molecule has 120 valence electrons. The highest BCUT2D eigenvalue weighted by Crippen LogP contribution is 2.26. The van der Waals surface area contributed by atoms with E-state index in [-0.39, 0.29) is 12.4 Å². The van der Waals surface area contributed by atoms with E-state index in [4.69, 9.17) is 5.73 Å². The van der Waals surface area contributed by atoms with E-state index >= 15 is 0 Å².